The summed E-state index contributed by atoms with van der Waals surface area (Å²) in [7, 11) is -4.03. The van der Waals surface area contributed by atoms with Gasteiger partial charge in [-0.25, -0.2) is 18.4 Å². The Balaban J connectivity index is 0.000000176. The average Bonchev–Trinajstić information content (AvgIpc) is 2.78. The zero-order valence-corrected chi connectivity index (χ0v) is 17.2. The molecule has 0 saturated carbocycles. The van der Waals surface area contributed by atoms with Crippen molar-refractivity contribution >= 4 is 32.9 Å². The van der Waals surface area contributed by atoms with Crippen LogP contribution in [0, 0.1) is 0 Å². The SMILES string of the molecule is NS(=O)(=O)c1cc2ccccc2oc1=O.O=C(/C=C/c1ccccc1)c1ccccc1. The van der Waals surface area contributed by atoms with Gasteiger partial charge in [0.15, 0.2) is 10.7 Å². The molecule has 0 spiro atoms. The van der Waals surface area contributed by atoms with Crippen LogP contribution in [0.4, 0.5) is 0 Å². The molecule has 0 fully saturated rings. The van der Waals surface area contributed by atoms with E-state index < -0.39 is 20.5 Å². The van der Waals surface area contributed by atoms with Crippen molar-refractivity contribution in [1.82, 2.24) is 0 Å². The number of allylic oxidation sites excluding steroid dienone is 1. The van der Waals surface area contributed by atoms with E-state index in [1.807, 2.05) is 66.7 Å². The number of carbonyl (C=O) groups excluding carboxylic acids is 1. The summed E-state index contributed by atoms with van der Waals surface area (Å²) in [5.74, 6) is 0.0319. The van der Waals surface area contributed by atoms with E-state index >= 15 is 0 Å². The van der Waals surface area contributed by atoms with Crippen LogP contribution in [-0.2, 0) is 10.0 Å². The summed E-state index contributed by atoms with van der Waals surface area (Å²) in [6.07, 6.45) is 3.43. The molecule has 0 radical (unpaired) electrons. The maximum Gasteiger partial charge on any atom is 0.356 e. The molecule has 0 aliphatic carbocycles. The Morgan fingerprint density at radius 1 is 0.839 bits per heavy atom. The van der Waals surface area contributed by atoms with E-state index in [1.54, 1.807) is 30.3 Å². The largest absolute Gasteiger partial charge is 0.422 e. The number of rotatable bonds is 4. The third-order valence-electron chi connectivity index (χ3n) is 4.20. The van der Waals surface area contributed by atoms with Crippen molar-refractivity contribution in [1.29, 1.82) is 0 Å². The lowest BCUT2D eigenvalue weighted by Crippen LogP contribution is -2.20. The first-order valence-electron chi connectivity index (χ1n) is 9.23. The molecule has 6 nitrogen and oxygen atoms in total. The summed E-state index contributed by atoms with van der Waals surface area (Å²) in [4.78, 5) is 22.5. The van der Waals surface area contributed by atoms with E-state index in [-0.39, 0.29) is 5.78 Å². The Morgan fingerprint density at radius 3 is 2.06 bits per heavy atom. The van der Waals surface area contributed by atoms with Gasteiger partial charge in [0.1, 0.15) is 5.58 Å². The molecular weight excluding hydrogens is 414 g/mol. The summed E-state index contributed by atoms with van der Waals surface area (Å²) >= 11 is 0. The van der Waals surface area contributed by atoms with Crippen LogP contribution >= 0.6 is 0 Å². The maximum absolute atomic E-state index is 11.7. The number of carbonyl (C=O) groups is 1. The third kappa shape index (κ3) is 6.08. The molecule has 156 valence electrons. The first-order chi connectivity index (χ1) is 14.8. The molecule has 0 saturated heterocycles. The first kappa shape index (κ1) is 21.9. The Kier molecular flexibility index (Phi) is 6.92. The highest BCUT2D eigenvalue weighted by Crippen LogP contribution is 2.14. The minimum Gasteiger partial charge on any atom is -0.422 e. The summed E-state index contributed by atoms with van der Waals surface area (Å²) in [5, 5.41) is 5.38. The number of sulfonamides is 1. The van der Waals surface area contributed by atoms with Crippen LogP contribution in [0.5, 0.6) is 0 Å². The summed E-state index contributed by atoms with van der Waals surface area (Å²) in [6.45, 7) is 0. The van der Waals surface area contributed by atoms with Crippen molar-refractivity contribution in [3.63, 3.8) is 0 Å². The molecular formula is C24H19NO5S. The molecule has 7 heteroatoms. The molecule has 0 amide bonds. The van der Waals surface area contributed by atoms with Gasteiger partial charge in [-0.3, -0.25) is 4.79 Å². The van der Waals surface area contributed by atoms with Gasteiger partial charge in [-0.2, -0.15) is 0 Å². The Labute approximate surface area is 179 Å². The molecule has 1 heterocycles. The van der Waals surface area contributed by atoms with Gasteiger partial charge in [-0.05, 0) is 23.8 Å². The highest BCUT2D eigenvalue weighted by atomic mass is 32.2. The molecule has 0 bridgehead atoms. The second-order valence-electron chi connectivity index (χ2n) is 6.46. The fraction of sp³-hybridized carbons (Fsp3) is 0. The molecule has 2 N–H and O–H groups in total. The monoisotopic (exact) mass is 433 g/mol. The molecule has 4 aromatic rings. The van der Waals surface area contributed by atoms with E-state index in [0.717, 1.165) is 11.1 Å². The average molecular weight is 433 g/mol. The lowest BCUT2D eigenvalue weighted by Gasteiger charge is -1.98. The predicted octanol–water partition coefficient (Wildman–Crippen LogP) is 4.02. The molecule has 3 aromatic carbocycles. The molecule has 0 unspecified atom stereocenters. The summed E-state index contributed by atoms with van der Waals surface area (Å²) in [6, 6.07) is 26.9. The second-order valence-corrected chi connectivity index (χ2v) is 7.99. The van der Waals surface area contributed by atoms with E-state index in [4.69, 9.17) is 9.56 Å². The summed E-state index contributed by atoms with van der Waals surface area (Å²) in [5.41, 5.74) is 1.13. The van der Waals surface area contributed by atoms with Crippen molar-refractivity contribution < 1.29 is 17.6 Å². The number of fused-ring (bicyclic) bond motifs is 1. The van der Waals surface area contributed by atoms with Gasteiger partial charge in [-0.15, -0.1) is 0 Å². The lowest BCUT2D eigenvalue weighted by molar-refractivity contribution is 0.104. The topological polar surface area (TPSA) is 107 Å². The molecule has 1 aromatic heterocycles. The van der Waals surface area contributed by atoms with Crippen molar-refractivity contribution in [2.24, 2.45) is 5.14 Å². The zero-order valence-electron chi connectivity index (χ0n) is 16.3. The van der Waals surface area contributed by atoms with Crippen LogP contribution in [0.1, 0.15) is 15.9 Å². The zero-order chi connectivity index (χ0) is 22.3. The number of ketones is 1. The van der Waals surface area contributed by atoms with Crippen molar-refractivity contribution in [2.45, 2.75) is 4.90 Å². The van der Waals surface area contributed by atoms with Crippen LogP contribution in [0.15, 0.2) is 111 Å². The van der Waals surface area contributed by atoms with Gasteiger partial charge >= 0.3 is 5.63 Å². The molecule has 0 aliphatic heterocycles. The molecule has 0 atom stereocenters. The van der Waals surface area contributed by atoms with Gasteiger partial charge < -0.3 is 4.42 Å². The smallest absolute Gasteiger partial charge is 0.356 e. The van der Waals surface area contributed by atoms with E-state index in [2.05, 4.69) is 0 Å². The van der Waals surface area contributed by atoms with Gasteiger partial charge in [0.2, 0.25) is 10.0 Å². The second kappa shape index (κ2) is 9.80. The van der Waals surface area contributed by atoms with Gasteiger partial charge in [0.05, 0.1) is 0 Å². The number of primary sulfonamides is 1. The van der Waals surface area contributed by atoms with Crippen LogP contribution < -0.4 is 10.8 Å². The number of hydrogen-bond acceptors (Lipinski definition) is 5. The van der Waals surface area contributed by atoms with Crippen molar-refractivity contribution in [3.8, 4) is 0 Å². The quantitative estimate of drug-likeness (QED) is 0.297. The van der Waals surface area contributed by atoms with Crippen LogP contribution in [0.25, 0.3) is 17.0 Å². The summed E-state index contributed by atoms with van der Waals surface area (Å²) < 4.78 is 26.8. The predicted molar refractivity (Wildman–Crippen MR) is 120 cm³/mol. The van der Waals surface area contributed by atoms with Crippen LogP contribution in [-0.4, -0.2) is 14.2 Å². The Morgan fingerprint density at radius 2 is 1.42 bits per heavy atom. The number of hydrogen-bond donors (Lipinski definition) is 1. The van der Waals surface area contributed by atoms with E-state index in [1.165, 1.54) is 6.07 Å². The van der Waals surface area contributed by atoms with E-state index in [0.29, 0.717) is 11.0 Å². The van der Waals surface area contributed by atoms with Gasteiger partial charge in [0.25, 0.3) is 0 Å². The number of benzene rings is 3. The fourth-order valence-corrected chi connectivity index (χ4v) is 3.24. The first-order valence-corrected chi connectivity index (χ1v) is 10.8. The highest BCUT2D eigenvalue weighted by Gasteiger charge is 2.15. The van der Waals surface area contributed by atoms with Gasteiger partial charge in [-0.1, -0.05) is 84.9 Å². The normalized spacial score (nSPS) is 11.1. The molecule has 31 heavy (non-hydrogen) atoms. The molecule has 0 aliphatic rings. The third-order valence-corrected chi connectivity index (χ3v) is 5.10. The Bertz CT molecular complexity index is 1380. The van der Waals surface area contributed by atoms with Crippen LogP contribution in [0.3, 0.4) is 0 Å². The number of para-hydroxylation sites is 1. The highest BCUT2D eigenvalue weighted by molar-refractivity contribution is 7.89. The minimum atomic E-state index is -4.03. The lowest BCUT2D eigenvalue weighted by atomic mass is 10.1. The molecule has 4 rings (SSSR count). The maximum atomic E-state index is 11.7. The van der Waals surface area contributed by atoms with E-state index in [9.17, 15) is 18.0 Å². The van der Waals surface area contributed by atoms with Crippen LogP contribution in [0.2, 0.25) is 0 Å². The Hall–Kier alpha value is -3.81. The minimum absolute atomic E-state index is 0.0319. The van der Waals surface area contributed by atoms with Crippen molar-refractivity contribution in [2.75, 3.05) is 0 Å². The standard InChI is InChI=1S/C15H12O.C9H7NO4S/c16-15(14-9-5-2-6-10-14)12-11-13-7-3-1-4-8-13;10-15(12,13)8-5-6-3-1-2-4-7(6)14-9(8)11/h1-12H;1-5H,(H2,10,12,13)/b12-11+;. The number of nitrogens with two attached hydrogens (primary N) is 1. The fourth-order valence-electron chi connectivity index (χ4n) is 2.68. The van der Waals surface area contributed by atoms with Crippen molar-refractivity contribution in [3.05, 3.63) is 119 Å². The van der Waals surface area contributed by atoms with Gasteiger partial charge in [0, 0.05) is 10.9 Å².